The van der Waals surface area contributed by atoms with Gasteiger partial charge in [0.15, 0.2) is 0 Å². The van der Waals surface area contributed by atoms with Gasteiger partial charge in [-0.1, -0.05) is 36.4 Å². The number of allylic oxidation sites excluding steroid dienone is 1. The fourth-order valence-corrected chi connectivity index (χ4v) is 14.2. The van der Waals surface area contributed by atoms with E-state index >= 15 is 0 Å². The van der Waals surface area contributed by atoms with Crippen LogP contribution in [0.25, 0.3) is 0 Å². The van der Waals surface area contributed by atoms with E-state index in [0.717, 1.165) is 34.4 Å². The monoisotopic (exact) mass is 1450 g/mol. The number of nitrogens with one attached hydrogen (secondary N) is 2. The molecule has 0 radical (unpaired) electrons. The van der Waals surface area contributed by atoms with E-state index in [9.17, 15) is 62.4 Å². The molecule has 7 bridgehead atoms. The standard InChI is InChI=1S/C34H41F3N4O6S.C32H37F3N4O6S.C2H4Cl2/c1-5-7-19-47-29-23-26(10-11-28(29)34(35,36)37)30-38-32(43)33(39-30)13-15-41(16-14-33)48(44,45)21-12-25-8-9-27(22-24(25)3)31(42)40(4)17-20-46-18-6-2;1-22-20-25-7-6-23(22)10-19-46(42,43)39-13-11-31(12-14-39)30(41)36-28(37-31)24-8-9-26(32(33,34)35)27(21-24)45-17-5-3-4-16-44-18-15-38(2)29(25)40;3-1-2-4/h5-6,8-11,22-23H,1-2,7,12-21H2,3-4H3,(H,38,39,43);4,6-9,16,20-21H,3,5,10-15,17-19H2,1-2H3,(H,36,37,41);1-2H2. The van der Waals surface area contributed by atoms with Gasteiger partial charge in [0.05, 0.1) is 61.9 Å². The van der Waals surface area contributed by atoms with Crippen molar-refractivity contribution in [3.8, 4) is 11.5 Å². The summed E-state index contributed by atoms with van der Waals surface area (Å²) < 4.78 is 160. The molecule has 2 saturated heterocycles. The summed E-state index contributed by atoms with van der Waals surface area (Å²) in [6, 6.07) is 17.1. The van der Waals surface area contributed by atoms with E-state index < -0.39 is 66.4 Å². The molecule has 0 aliphatic carbocycles. The van der Waals surface area contributed by atoms with Crippen molar-refractivity contribution >= 4 is 78.5 Å². The number of amidine groups is 2. The Kier molecular flexibility index (Phi) is 27.6. The average molecular weight is 1450 g/mol. The van der Waals surface area contributed by atoms with Crippen LogP contribution in [0.15, 0.2) is 120 Å². The van der Waals surface area contributed by atoms with Crippen molar-refractivity contribution in [1.82, 2.24) is 29.0 Å². The van der Waals surface area contributed by atoms with E-state index in [1.54, 1.807) is 67.5 Å². The summed E-state index contributed by atoms with van der Waals surface area (Å²) in [7, 11) is -4.02. The Morgan fingerprint density at radius 3 is 1.98 bits per heavy atom. The lowest BCUT2D eigenvalue weighted by Crippen LogP contribution is -2.50. The molecule has 534 valence electrons. The van der Waals surface area contributed by atoms with Crippen molar-refractivity contribution < 1.29 is 81.3 Å². The van der Waals surface area contributed by atoms with Gasteiger partial charge in [-0.3, -0.25) is 29.2 Å². The number of hydrogen-bond acceptors (Lipinski definition) is 14. The minimum absolute atomic E-state index is 0.000594. The summed E-state index contributed by atoms with van der Waals surface area (Å²) in [5.74, 6) is -0.915. The molecule has 0 aromatic heterocycles. The van der Waals surface area contributed by atoms with Crippen molar-refractivity contribution in [1.29, 1.82) is 0 Å². The van der Waals surface area contributed by atoms with Gasteiger partial charge in [0.2, 0.25) is 20.0 Å². The minimum Gasteiger partial charge on any atom is -0.500 e. The molecule has 4 amide bonds. The Morgan fingerprint density at radius 2 is 1.39 bits per heavy atom. The molecular formula is C68H82Cl2F6N8O12S2. The number of likely N-dealkylation sites (N-methyl/N-ethyl adjacent to an activating group) is 2. The maximum atomic E-state index is 13.8. The molecule has 4 aromatic rings. The van der Waals surface area contributed by atoms with E-state index in [1.165, 1.54) is 50.1 Å². The number of fused-ring (bicyclic) bond motifs is 2. The Morgan fingerprint density at radius 1 is 0.776 bits per heavy atom. The van der Waals surface area contributed by atoms with Gasteiger partial charge < -0.3 is 39.4 Å². The lowest BCUT2D eigenvalue weighted by Gasteiger charge is -2.34. The molecule has 2 fully saturated rings. The summed E-state index contributed by atoms with van der Waals surface area (Å²) >= 11 is 10.1. The number of benzene rings is 4. The predicted molar refractivity (Wildman–Crippen MR) is 363 cm³/mol. The summed E-state index contributed by atoms with van der Waals surface area (Å²) in [6.45, 7) is 12.8. The molecule has 7 heterocycles. The Bertz CT molecular complexity index is 3850. The molecule has 98 heavy (non-hydrogen) atoms. The van der Waals surface area contributed by atoms with Crippen molar-refractivity contribution in [2.75, 3.05) is 110 Å². The van der Waals surface area contributed by atoms with E-state index in [-0.39, 0.29) is 142 Å². The van der Waals surface area contributed by atoms with Crippen molar-refractivity contribution in [2.24, 2.45) is 9.98 Å². The predicted octanol–water partition coefficient (Wildman–Crippen LogP) is 10.1. The van der Waals surface area contributed by atoms with Crippen LogP contribution in [0, 0.1) is 13.8 Å². The summed E-state index contributed by atoms with van der Waals surface area (Å²) in [4.78, 5) is 64.2. The Labute approximate surface area is 578 Å². The first-order valence-corrected chi connectivity index (χ1v) is 36.1. The zero-order valence-corrected chi connectivity index (χ0v) is 58.2. The second-order valence-corrected chi connectivity index (χ2v) is 28.8. The highest BCUT2D eigenvalue weighted by Crippen LogP contribution is 2.41. The summed E-state index contributed by atoms with van der Waals surface area (Å²) in [5.41, 5.74) is 0.387. The van der Waals surface area contributed by atoms with E-state index in [1.807, 2.05) is 13.8 Å². The highest BCUT2D eigenvalue weighted by Gasteiger charge is 2.50. The molecule has 0 saturated carbocycles. The normalized spacial score (nSPS) is 19.8. The van der Waals surface area contributed by atoms with Crippen molar-refractivity contribution in [3.63, 3.8) is 0 Å². The van der Waals surface area contributed by atoms with Crippen LogP contribution in [0.5, 0.6) is 11.5 Å². The molecule has 2 N–H and O–H groups in total. The van der Waals surface area contributed by atoms with Crippen LogP contribution < -0.4 is 20.1 Å². The molecule has 30 heteroatoms. The van der Waals surface area contributed by atoms with Gasteiger partial charge in [-0.25, -0.2) is 25.4 Å². The van der Waals surface area contributed by atoms with Gasteiger partial charge >= 0.3 is 12.4 Å². The van der Waals surface area contributed by atoms with E-state index in [0.29, 0.717) is 68.5 Å². The molecule has 11 rings (SSSR count). The van der Waals surface area contributed by atoms with Gasteiger partial charge in [0.1, 0.15) is 40.9 Å². The third-order valence-electron chi connectivity index (χ3n) is 17.1. The first-order valence-electron chi connectivity index (χ1n) is 31.8. The highest BCUT2D eigenvalue weighted by molar-refractivity contribution is 7.89. The summed E-state index contributed by atoms with van der Waals surface area (Å²) in [5, 5.41) is 5.37. The minimum atomic E-state index is -4.66. The number of piperidine rings is 2. The van der Waals surface area contributed by atoms with Gasteiger partial charge in [0, 0.05) is 80.8 Å². The van der Waals surface area contributed by atoms with Gasteiger partial charge in [-0.15, -0.1) is 36.4 Å². The number of aryl methyl sites for hydroxylation is 4. The van der Waals surface area contributed by atoms with Gasteiger partial charge in [0.25, 0.3) is 23.6 Å². The number of alkyl halides is 8. The number of amides is 4. The molecule has 2 spiro atoms. The topological polar surface area (TPSA) is 235 Å². The number of hydrogen-bond donors (Lipinski definition) is 2. The second-order valence-electron chi connectivity index (χ2n) is 23.9. The highest BCUT2D eigenvalue weighted by atomic mass is 35.5. The zero-order valence-electron chi connectivity index (χ0n) is 55.0. The van der Waals surface area contributed by atoms with Crippen LogP contribution in [0.1, 0.15) is 110 Å². The maximum absolute atomic E-state index is 13.8. The quantitative estimate of drug-likeness (QED) is 0.0461. The number of carbonyl (C=O) groups is 4. The number of aliphatic imine (C=N–C) groups is 2. The fraction of sp³-hybridized carbons (Fsp3) is 0.471. The van der Waals surface area contributed by atoms with Crippen LogP contribution >= 0.6 is 23.2 Å². The molecule has 7 aliphatic rings. The molecular weight excluding hydrogens is 1370 g/mol. The number of ether oxygens (including phenoxy) is 4. The SMILES string of the molecule is C=CCCOc1cc(C2=NC3(CCN(S(=O)(=O)CCc4ccc(C(=O)N(C)CCOCC=C)cc4C)CC3)C(=O)N2)ccc1C(F)(F)F.Cc1cc2ccc1CCS(=O)(=O)N1CCC3(CC1)N=C(NC3=O)c1ccc(C(F)(F)F)c(c1)OCCCC=COCCN(C)C2=O.ClCCCl. The fourth-order valence-electron chi connectivity index (χ4n) is 11.3. The zero-order chi connectivity index (χ0) is 71.6. The number of sulfonamides is 2. The van der Waals surface area contributed by atoms with Crippen molar-refractivity contribution in [2.45, 2.75) is 95.1 Å². The van der Waals surface area contributed by atoms with Crippen LogP contribution in [0.2, 0.25) is 0 Å². The number of rotatable bonds is 16. The first-order chi connectivity index (χ1) is 46.4. The third kappa shape index (κ3) is 20.4. The molecule has 0 unspecified atom stereocenters. The lowest BCUT2D eigenvalue weighted by molar-refractivity contribution is -0.139. The molecule has 20 nitrogen and oxygen atoms in total. The van der Waals surface area contributed by atoms with Crippen LogP contribution in [0.4, 0.5) is 26.3 Å². The molecule has 0 atom stereocenters. The van der Waals surface area contributed by atoms with Crippen LogP contribution in [0.3, 0.4) is 0 Å². The van der Waals surface area contributed by atoms with Crippen LogP contribution in [-0.4, -0.2) is 191 Å². The molecule has 4 aromatic carbocycles. The van der Waals surface area contributed by atoms with Gasteiger partial charge in [-0.2, -0.15) is 26.3 Å². The maximum Gasteiger partial charge on any atom is 0.419 e. The number of halogens is 8. The third-order valence-corrected chi connectivity index (χ3v) is 21.4. The smallest absolute Gasteiger partial charge is 0.419 e. The Balaban J connectivity index is 0.000000262. The molecule has 7 aliphatic heterocycles. The largest absolute Gasteiger partial charge is 0.500 e. The summed E-state index contributed by atoms with van der Waals surface area (Å²) in [6.07, 6.45) is -0.676. The van der Waals surface area contributed by atoms with E-state index in [4.69, 9.17) is 42.1 Å². The van der Waals surface area contributed by atoms with Crippen molar-refractivity contribution in [3.05, 3.63) is 166 Å². The number of nitrogens with zero attached hydrogens (tertiary/aromatic N) is 6. The average Bonchev–Trinajstić information content (AvgIpc) is 1.60. The second kappa shape index (κ2) is 34.6. The van der Waals surface area contributed by atoms with E-state index in [2.05, 4.69) is 33.8 Å². The lowest BCUT2D eigenvalue weighted by atomic mass is 9.89. The number of carbonyl (C=O) groups excluding carboxylic acids is 4. The first kappa shape index (κ1) is 78.0. The van der Waals surface area contributed by atoms with Crippen LogP contribution in [-0.2, 0) is 64.3 Å². The Hall–Kier alpha value is -7.34. The van der Waals surface area contributed by atoms with Gasteiger partial charge in [-0.05, 0) is 148 Å².